The molecule has 1 rings (SSSR count). The molecule has 0 aromatic carbocycles. The predicted octanol–water partition coefficient (Wildman–Crippen LogP) is 0.0742. The number of aromatic nitrogens is 3. The molecule has 0 bridgehead atoms. The van der Waals surface area contributed by atoms with E-state index in [1.54, 1.807) is 0 Å². The van der Waals surface area contributed by atoms with Crippen LogP contribution in [0.25, 0.3) is 0 Å². The Morgan fingerprint density at radius 3 is 2.78 bits per heavy atom. The number of carbonyl (C=O) groups excluding carboxylic acids is 1. The smallest absolute Gasteiger partial charge is 0.181 e. The molecule has 0 saturated heterocycles. The topological polar surface area (TPSA) is 55.7 Å². The van der Waals surface area contributed by atoms with E-state index in [0.29, 0.717) is 5.69 Å². The maximum atomic E-state index is 10.5. The van der Waals surface area contributed by atoms with Gasteiger partial charge < -0.3 is 0 Å². The van der Waals surface area contributed by atoms with Gasteiger partial charge in [0, 0.05) is 6.92 Å². The average Bonchev–Trinajstić information content (AvgIpc) is 1.90. The van der Waals surface area contributed by atoms with Crippen molar-refractivity contribution in [2.75, 3.05) is 0 Å². The van der Waals surface area contributed by atoms with Crippen molar-refractivity contribution in [3.05, 3.63) is 18.2 Å². The molecule has 1 aromatic heterocycles. The fourth-order valence-corrected chi connectivity index (χ4v) is 0.409. The molecule has 1 aromatic rings. The average molecular weight is 123 g/mol. The molecular formula is C5H5N3O. The predicted molar refractivity (Wildman–Crippen MR) is 29.8 cm³/mol. The quantitative estimate of drug-likeness (QED) is 0.496. The summed E-state index contributed by atoms with van der Waals surface area (Å²) in [5.41, 5.74) is 0.303. The van der Waals surface area contributed by atoms with Gasteiger partial charge in [-0.2, -0.15) is 0 Å². The number of Topliss-reactive ketones (excluding diaryl/α,β-unsaturated/α-hetero) is 1. The highest BCUT2D eigenvalue weighted by molar-refractivity contribution is 5.91. The van der Waals surface area contributed by atoms with Gasteiger partial charge >= 0.3 is 0 Å². The molecule has 0 aliphatic rings. The fourth-order valence-electron chi connectivity index (χ4n) is 0.409. The third-order valence-electron chi connectivity index (χ3n) is 0.841. The Hall–Kier alpha value is -1.32. The third-order valence-corrected chi connectivity index (χ3v) is 0.841. The zero-order chi connectivity index (χ0) is 6.69. The highest BCUT2D eigenvalue weighted by atomic mass is 16.1. The maximum Gasteiger partial charge on any atom is 0.181 e. The second-order valence-electron chi connectivity index (χ2n) is 1.55. The standard InChI is InChI=1S/C5H5N3O/c1-4(9)5-2-6-3-7-8-5/h2-3H,1H3. The lowest BCUT2D eigenvalue weighted by molar-refractivity contribution is 0.101. The van der Waals surface area contributed by atoms with Gasteiger partial charge in [0.2, 0.25) is 0 Å². The molecule has 0 fully saturated rings. The van der Waals surface area contributed by atoms with Gasteiger partial charge in [-0.3, -0.25) is 4.79 Å². The van der Waals surface area contributed by atoms with Crippen molar-refractivity contribution in [2.24, 2.45) is 0 Å². The van der Waals surface area contributed by atoms with Gasteiger partial charge in [-0.1, -0.05) is 0 Å². The van der Waals surface area contributed by atoms with Crippen molar-refractivity contribution in [2.45, 2.75) is 6.92 Å². The molecular weight excluding hydrogens is 118 g/mol. The molecule has 0 unspecified atom stereocenters. The zero-order valence-corrected chi connectivity index (χ0v) is 4.90. The molecule has 4 nitrogen and oxygen atoms in total. The first-order chi connectivity index (χ1) is 4.30. The number of carbonyl (C=O) groups is 1. The summed E-state index contributed by atoms with van der Waals surface area (Å²) >= 11 is 0. The molecule has 0 atom stereocenters. The minimum absolute atomic E-state index is 0.115. The van der Waals surface area contributed by atoms with Gasteiger partial charge in [-0.15, -0.1) is 10.2 Å². The van der Waals surface area contributed by atoms with E-state index in [4.69, 9.17) is 0 Å². The summed E-state index contributed by atoms with van der Waals surface area (Å²) in [5, 5.41) is 6.94. The molecule has 0 radical (unpaired) electrons. The van der Waals surface area contributed by atoms with Crippen LogP contribution in [0.2, 0.25) is 0 Å². The van der Waals surface area contributed by atoms with Crippen molar-refractivity contribution in [1.82, 2.24) is 15.2 Å². The van der Waals surface area contributed by atoms with Crippen LogP contribution in [0, 0.1) is 0 Å². The van der Waals surface area contributed by atoms with Crippen LogP contribution in [0.4, 0.5) is 0 Å². The molecule has 0 N–H and O–H groups in total. The van der Waals surface area contributed by atoms with E-state index in [1.807, 2.05) is 0 Å². The van der Waals surface area contributed by atoms with Crippen LogP contribution >= 0.6 is 0 Å². The summed E-state index contributed by atoms with van der Waals surface area (Å²) in [6.07, 6.45) is 2.67. The van der Waals surface area contributed by atoms with Crippen LogP contribution in [0.1, 0.15) is 17.4 Å². The van der Waals surface area contributed by atoms with E-state index < -0.39 is 0 Å². The monoisotopic (exact) mass is 123 g/mol. The Morgan fingerprint density at radius 2 is 2.44 bits per heavy atom. The van der Waals surface area contributed by atoms with Crippen LogP contribution < -0.4 is 0 Å². The summed E-state index contributed by atoms with van der Waals surface area (Å²) in [6.45, 7) is 1.42. The normalized spacial score (nSPS) is 9.00. The van der Waals surface area contributed by atoms with E-state index in [0.717, 1.165) is 0 Å². The van der Waals surface area contributed by atoms with Crippen molar-refractivity contribution in [3.8, 4) is 0 Å². The van der Waals surface area contributed by atoms with Crippen molar-refractivity contribution in [3.63, 3.8) is 0 Å². The van der Waals surface area contributed by atoms with Gasteiger partial charge in [0.15, 0.2) is 5.78 Å². The second-order valence-corrected chi connectivity index (χ2v) is 1.55. The Morgan fingerprint density at radius 1 is 1.67 bits per heavy atom. The van der Waals surface area contributed by atoms with Gasteiger partial charge in [0.1, 0.15) is 12.0 Å². The van der Waals surface area contributed by atoms with Crippen LogP contribution in [-0.2, 0) is 0 Å². The number of hydrogen-bond acceptors (Lipinski definition) is 4. The molecule has 0 saturated carbocycles. The Kier molecular flexibility index (Phi) is 1.48. The largest absolute Gasteiger partial charge is 0.293 e. The van der Waals surface area contributed by atoms with E-state index in [2.05, 4.69) is 15.2 Å². The first kappa shape index (κ1) is 5.81. The molecule has 1 heterocycles. The van der Waals surface area contributed by atoms with Crippen molar-refractivity contribution >= 4 is 5.78 Å². The van der Waals surface area contributed by atoms with Gasteiger partial charge in [0.25, 0.3) is 0 Å². The summed E-state index contributed by atoms with van der Waals surface area (Å²) in [7, 11) is 0. The molecule has 0 spiro atoms. The lowest BCUT2D eigenvalue weighted by Gasteiger charge is -1.86. The number of nitrogens with zero attached hydrogens (tertiary/aromatic N) is 3. The van der Waals surface area contributed by atoms with Crippen LogP contribution in [-0.4, -0.2) is 21.0 Å². The van der Waals surface area contributed by atoms with Crippen LogP contribution in [0.15, 0.2) is 12.5 Å². The lowest BCUT2D eigenvalue weighted by atomic mass is 10.3. The summed E-state index contributed by atoms with van der Waals surface area (Å²) in [5.74, 6) is -0.115. The first-order valence-corrected chi connectivity index (χ1v) is 2.44. The molecule has 9 heavy (non-hydrogen) atoms. The SMILES string of the molecule is CC(=O)c1cncnn1. The van der Waals surface area contributed by atoms with E-state index in [1.165, 1.54) is 19.4 Å². The van der Waals surface area contributed by atoms with Crippen molar-refractivity contribution < 1.29 is 4.79 Å². The highest BCUT2D eigenvalue weighted by Gasteiger charge is 1.97. The fraction of sp³-hybridized carbons (Fsp3) is 0.200. The maximum absolute atomic E-state index is 10.5. The van der Waals surface area contributed by atoms with E-state index in [9.17, 15) is 4.79 Å². The van der Waals surface area contributed by atoms with Crippen molar-refractivity contribution in [1.29, 1.82) is 0 Å². The number of ketones is 1. The third kappa shape index (κ3) is 1.28. The van der Waals surface area contributed by atoms with Gasteiger partial charge in [0.05, 0.1) is 6.20 Å². The lowest BCUT2D eigenvalue weighted by Crippen LogP contribution is -1.98. The second kappa shape index (κ2) is 2.30. The molecule has 4 heteroatoms. The molecule has 46 valence electrons. The van der Waals surface area contributed by atoms with Crippen LogP contribution in [0.5, 0.6) is 0 Å². The Bertz CT molecular complexity index is 209. The number of rotatable bonds is 1. The van der Waals surface area contributed by atoms with E-state index >= 15 is 0 Å². The Labute approximate surface area is 52.0 Å². The molecule has 0 aliphatic carbocycles. The minimum atomic E-state index is -0.115. The highest BCUT2D eigenvalue weighted by Crippen LogP contribution is 1.86. The first-order valence-electron chi connectivity index (χ1n) is 2.44. The van der Waals surface area contributed by atoms with Gasteiger partial charge in [-0.05, 0) is 0 Å². The number of hydrogen-bond donors (Lipinski definition) is 0. The zero-order valence-electron chi connectivity index (χ0n) is 4.90. The van der Waals surface area contributed by atoms with Gasteiger partial charge in [-0.25, -0.2) is 4.98 Å². The summed E-state index contributed by atoms with van der Waals surface area (Å²) < 4.78 is 0. The van der Waals surface area contributed by atoms with E-state index in [-0.39, 0.29) is 5.78 Å². The summed E-state index contributed by atoms with van der Waals surface area (Å²) in [4.78, 5) is 14.1. The molecule has 0 aliphatic heterocycles. The van der Waals surface area contributed by atoms with Crippen LogP contribution in [0.3, 0.4) is 0 Å². The molecule has 0 amide bonds. The summed E-state index contributed by atoms with van der Waals surface area (Å²) in [6, 6.07) is 0. The Balaban J connectivity index is 2.98. The minimum Gasteiger partial charge on any atom is -0.293 e.